The number of ether oxygens (including phenoxy) is 1. The van der Waals surface area contributed by atoms with Crippen LogP contribution in [0, 0.1) is 5.92 Å². The highest BCUT2D eigenvalue weighted by molar-refractivity contribution is 6.07. The van der Waals surface area contributed by atoms with Crippen LogP contribution in [0.25, 0.3) is 5.69 Å². The number of imide groups is 1. The topological polar surface area (TPSA) is 106 Å². The van der Waals surface area contributed by atoms with Crippen LogP contribution in [0.3, 0.4) is 0 Å². The summed E-state index contributed by atoms with van der Waals surface area (Å²) in [7, 11) is 1.60. The standard InChI is InChI=1S/C20H23N5O4/c1-20(18(27)21-19(28)22-20)13-4-3-10-24(12-13)17(26)16-9-11-25(23-16)14-5-7-15(29-2)8-6-14/h5-9,11,13H,3-4,10,12H2,1-2H3,(H2,21,22,27,28). The van der Waals surface area contributed by atoms with E-state index in [4.69, 9.17) is 4.74 Å². The Bertz CT molecular complexity index is 954. The van der Waals surface area contributed by atoms with Crippen molar-refractivity contribution in [3.63, 3.8) is 0 Å². The van der Waals surface area contributed by atoms with Crippen LogP contribution in [0.2, 0.25) is 0 Å². The summed E-state index contributed by atoms with van der Waals surface area (Å²) in [4.78, 5) is 38.5. The first-order valence-electron chi connectivity index (χ1n) is 9.53. The van der Waals surface area contributed by atoms with Crippen molar-refractivity contribution in [3.8, 4) is 11.4 Å². The number of amides is 4. The number of carbonyl (C=O) groups is 3. The molecule has 3 heterocycles. The Labute approximate surface area is 168 Å². The Morgan fingerprint density at radius 3 is 2.66 bits per heavy atom. The number of benzene rings is 1. The van der Waals surface area contributed by atoms with Gasteiger partial charge in [-0.15, -0.1) is 0 Å². The Hall–Kier alpha value is -3.36. The molecule has 0 bridgehead atoms. The van der Waals surface area contributed by atoms with E-state index in [9.17, 15) is 14.4 Å². The number of hydrogen-bond acceptors (Lipinski definition) is 5. The van der Waals surface area contributed by atoms with Crippen LogP contribution in [-0.4, -0.2) is 58.3 Å². The van der Waals surface area contributed by atoms with Crippen molar-refractivity contribution >= 4 is 17.8 Å². The van der Waals surface area contributed by atoms with E-state index in [0.717, 1.165) is 24.3 Å². The zero-order valence-electron chi connectivity index (χ0n) is 16.3. The van der Waals surface area contributed by atoms with Gasteiger partial charge in [-0.1, -0.05) is 0 Å². The molecule has 4 amide bonds. The van der Waals surface area contributed by atoms with Crippen LogP contribution in [0.5, 0.6) is 5.75 Å². The molecule has 9 nitrogen and oxygen atoms in total. The zero-order valence-corrected chi connectivity index (χ0v) is 16.3. The maximum Gasteiger partial charge on any atom is 0.322 e. The van der Waals surface area contributed by atoms with Gasteiger partial charge in [0.2, 0.25) is 0 Å². The van der Waals surface area contributed by atoms with Crippen LogP contribution in [0.1, 0.15) is 30.3 Å². The predicted molar refractivity (Wildman–Crippen MR) is 104 cm³/mol. The number of methoxy groups -OCH3 is 1. The number of urea groups is 1. The molecule has 2 atom stereocenters. The number of carbonyl (C=O) groups excluding carboxylic acids is 3. The van der Waals surface area contributed by atoms with Gasteiger partial charge < -0.3 is 15.0 Å². The Kier molecular flexibility index (Phi) is 4.73. The van der Waals surface area contributed by atoms with Crippen molar-refractivity contribution in [2.45, 2.75) is 25.3 Å². The summed E-state index contributed by atoms with van der Waals surface area (Å²) < 4.78 is 6.80. The molecule has 2 aliphatic rings. The molecule has 2 aromatic rings. The number of rotatable bonds is 4. The predicted octanol–water partition coefficient (Wildman–Crippen LogP) is 1.33. The molecule has 152 valence electrons. The van der Waals surface area contributed by atoms with Gasteiger partial charge in [0, 0.05) is 25.2 Å². The molecule has 1 aromatic carbocycles. The minimum Gasteiger partial charge on any atom is -0.497 e. The third-order valence-electron chi connectivity index (χ3n) is 5.74. The van der Waals surface area contributed by atoms with Gasteiger partial charge in [-0.05, 0) is 50.1 Å². The summed E-state index contributed by atoms with van der Waals surface area (Å²) in [6, 6.07) is 8.57. The first kappa shape index (κ1) is 19.0. The van der Waals surface area contributed by atoms with Crippen molar-refractivity contribution < 1.29 is 19.1 Å². The van der Waals surface area contributed by atoms with E-state index in [2.05, 4.69) is 15.7 Å². The van der Waals surface area contributed by atoms with E-state index in [0.29, 0.717) is 18.8 Å². The lowest BCUT2D eigenvalue weighted by Crippen LogP contribution is -2.56. The molecular weight excluding hydrogens is 374 g/mol. The third-order valence-corrected chi connectivity index (χ3v) is 5.74. The molecule has 4 rings (SSSR count). The van der Waals surface area contributed by atoms with E-state index in [-0.39, 0.29) is 17.7 Å². The van der Waals surface area contributed by atoms with Crippen LogP contribution >= 0.6 is 0 Å². The molecule has 0 saturated carbocycles. The van der Waals surface area contributed by atoms with E-state index in [1.807, 2.05) is 24.3 Å². The van der Waals surface area contributed by atoms with Crippen LogP contribution in [0.15, 0.2) is 36.5 Å². The second-order valence-electron chi connectivity index (χ2n) is 7.54. The molecule has 1 aromatic heterocycles. The van der Waals surface area contributed by atoms with Gasteiger partial charge in [-0.25, -0.2) is 9.48 Å². The molecule has 0 aliphatic carbocycles. The summed E-state index contributed by atoms with van der Waals surface area (Å²) in [5.74, 6) is 0.0595. The van der Waals surface area contributed by atoms with Crippen molar-refractivity contribution in [2.75, 3.05) is 20.2 Å². The van der Waals surface area contributed by atoms with Gasteiger partial charge in [0.15, 0.2) is 5.69 Å². The molecule has 2 unspecified atom stereocenters. The highest BCUT2D eigenvalue weighted by atomic mass is 16.5. The van der Waals surface area contributed by atoms with Crippen molar-refractivity contribution in [3.05, 3.63) is 42.2 Å². The number of nitrogens with zero attached hydrogens (tertiary/aromatic N) is 3. The lowest BCUT2D eigenvalue weighted by molar-refractivity contribution is -0.125. The quantitative estimate of drug-likeness (QED) is 0.758. The average Bonchev–Trinajstić information content (AvgIpc) is 3.32. The molecule has 0 radical (unpaired) electrons. The molecule has 29 heavy (non-hydrogen) atoms. The fraction of sp³-hybridized carbons (Fsp3) is 0.400. The molecule has 2 saturated heterocycles. The van der Waals surface area contributed by atoms with Gasteiger partial charge in [0.05, 0.1) is 12.8 Å². The van der Waals surface area contributed by atoms with Gasteiger partial charge in [-0.2, -0.15) is 5.10 Å². The minimum atomic E-state index is -1.00. The minimum absolute atomic E-state index is 0.157. The summed E-state index contributed by atoms with van der Waals surface area (Å²) in [5.41, 5.74) is 0.157. The van der Waals surface area contributed by atoms with Crippen molar-refractivity contribution in [1.29, 1.82) is 0 Å². The SMILES string of the molecule is COc1ccc(-n2ccc(C(=O)N3CCCC(C4(C)NC(=O)NC4=O)C3)n2)cc1. The molecule has 9 heteroatoms. The van der Waals surface area contributed by atoms with E-state index in [1.165, 1.54) is 0 Å². The number of likely N-dealkylation sites (tertiary alicyclic amines) is 1. The first-order chi connectivity index (χ1) is 13.9. The smallest absolute Gasteiger partial charge is 0.322 e. The monoisotopic (exact) mass is 397 g/mol. The van der Waals surface area contributed by atoms with Crippen molar-refractivity contribution in [2.24, 2.45) is 5.92 Å². The highest BCUT2D eigenvalue weighted by Gasteiger charge is 2.49. The van der Waals surface area contributed by atoms with E-state index < -0.39 is 11.6 Å². The molecule has 0 spiro atoms. The third kappa shape index (κ3) is 3.43. The van der Waals surface area contributed by atoms with Crippen molar-refractivity contribution in [1.82, 2.24) is 25.3 Å². The highest BCUT2D eigenvalue weighted by Crippen LogP contribution is 2.30. The van der Waals surface area contributed by atoms with E-state index >= 15 is 0 Å². The van der Waals surface area contributed by atoms with Crippen LogP contribution in [0.4, 0.5) is 4.79 Å². The van der Waals surface area contributed by atoms with Crippen LogP contribution < -0.4 is 15.4 Å². The number of aromatic nitrogens is 2. The molecular formula is C20H23N5O4. The number of hydrogen-bond donors (Lipinski definition) is 2. The fourth-order valence-corrected chi connectivity index (χ4v) is 3.96. The second kappa shape index (κ2) is 7.23. The average molecular weight is 397 g/mol. The van der Waals surface area contributed by atoms with Gasteiger partial charge >= 0.3 is 6.03 Å². The Morgan fingerprint density at radius 2 is 2.00 bits per heavy atom. The maximum absolute atomic E-state index is 13.0. The lowest BCUT2D eigenvalue weighted by atomic mass is 9.80. The zero-order chi connectivity index (χ0) is 20.6. The summed E-state index contributed by atoms with van der Waals surface area (Å²) >= 11 is 0. The Balaban J connectivity index is 1.49. The largest absolute Gasteiger partial charge is 0.497 e. The lowest BCUT2D eigenvalue weighted by Gasteiger charge is -2.39. The molecule has 2 fully saturated rings. The summed E-state index contributed by atoms with van der Waals surface area (Å²) in [5, 5.41) is 9.42. The molecule has 2 aliphatic heterocycles. The Morgan fingerprint density at radius 1 is 1.24 bits per heavy atom. The van der Waals surface area contributed by atoms with Gasteiger partial charge in [-0.3, -0.25) is 14.9 Å². The van der Waals surface area contributed by atoms with Gasteiger partial charge in [0.25, 0.3) is 11.8 Å². The number of nitrogens with one attached hydrogen (secondary N) is 2. The second-order valence-corrected chi connectivity index (χ2v) is 7.54. The first-order valence-corrected chi connectivity index (χ1v) is 9.53. The number of piperidine rings is 1. The summed E-state index contributed by atoms with van der Waals surface area (Å²) in [6.07, 6.45) is 3.25. The maximum atomic E-state index is 13.0. The van der Waals surface area contributed by atoms with E-state index in [1.54, 1.807) is 35.9 Å². The van der Waals surface area contributed by atoms with Crippen LogP contribution in [-0.2, 0) is 4.79 Å². The summed E-state index contributed by atoms with van der Waals surface area (Å²) in [6.45, 7) is 2.69. The fourth-order valence-electron chi connectivity index (χ4n) is 3.96. The van der Waals surface area contributed by atoms with Gasteiger partial charge in [0.1, 0.15) is 11.3 Å². The normalized spacial score (nSPS) is 24.2. The molecule has 2 N–H and O–H groups in total.